The van der Waals surface area contributed by atoms with Gasteiger partial charge in [0.25, 0.3) is 0 Å². The van der Waals surface area contributed by atoms with Gasteiger partial charge in [0.15, 0.2) is 0 Å². The van der Waals surface area contributed by atoms with Crippen molar-refractivity contribution in [3.8, 4) is 0 Å². The summed E-state index contributed by atoms with van der Waals surface area (Å²) in [4.78, 5) is 0. The molecular weight excluding hydrogens is 250 g/mol. The number of ether oxygens (including phenoxy) is 2. The van der Waals surface area contributed by atoms with E-state index >= 15 is 0 Å². The Balaban J connectivity index is 2.12. The highest BCUT2D eigenvalue weighted by Gasteiger charge is 2.04. The first-order valence-electron chi connectivity index (χ1n) is 6.29. The highest BCUT2D eigenvalue weighted by Crippen LogP contribution is 2.13. The van der Waals surface area contributed by atoms with E-state index in [1.807, 2.05) is 18.2 Å². The second-order valence-corrected chi connectivity index (χ2v) is 4.78. The molecular formula is C14H22ClNO2. The van der Waals surface area contributed by atoms with E-state index in [-0.39, 0.29) is 6.04 Å². The molecule has 0 heterocycles. The zero-order valence-corrected chi connectivity index (χ0v) is 11.7. The van der Waals surface area contributed by atoms with Crippen LogP contribution in [-0.4, -0.2) is 33.0 Å². The minimum absolute atomic E-state index is 0.162. The van der Waals surface area contributed by atoms with Crippen LogP contribution in [-0.2, 0) is 15.9 Å². The molecule has 3 nitrogen and oxygen atoms in total. The molecule has 0 aliphatic carbocycles. The lowest BCUT2D eigenvalue weighted by Gasteiger charge is -2.12. The van der Waals surface area contributed by atoms with Crippen LogP contribution in [0.4, 0.5) is 0 Å². The summed E-state index contributed by atoms with van der Waals surface area (Å²) in [7, 11) is 1.67. The molecule has 1 aromatic carbocycles. The van der Waals surface area contributed by atoms with Crippen LogP contribution in [0.25, 0.3) is 0 Å². The second kappa shape index (κ2) is 9.34. The van der Waals surface area contributed by atoms with E-state index in [0.29, 0.717) is 13.2 Å². The molecule has 0 aliphatic rings. The first kappa shape index (κ1) is 15.4. The van der Waals surface area contributed by atoms with E-state index in [0.717, 1.165) is 30.9 Å². The molecule has 4 heteroatoms. The summed E-state index contributed by atoms with van der Waals surface area (Å²) >= 11 is 5.93. The molecule has 18 heavy (non-hydrogen) atoms. The minimum atomic E-state index is 0.162. The van der Waals surface area contributed by atoms with Crippen LogP contribution in [0.3, 0.4) is 0 Å². The Labute approximate surface area is 114 Å². The quantitative estimate of drug-likeness (QED) is 0.703. The predicted molar refractivity (Wildman–Crippen MR) is 75.1 cm³/mol. The lowest BCUT2D eigenvalue weighted by molar-refractivity contribution is 0.0682. The molecule has 0 saturated carbocycles. The molecule has 2 N–H and O–H groups in total. The van der Waals surface area contributed by atoms with E-state index in [9.17, 15) is 0 Å². The third-order valence-electron chi connectivity index (χ3n) is 2.68. The van der Waals surface area contributed by atoms with E-state index in [4.69, 9.17) is 26.8 Å². The molecule has 0 saturated heterocycles. The minimum Gasteiger partial charge on any atom is -0.382 e. The van der Waals surface area contributed by atoms with Crippen molar-refractivity contribution < 1.29 is 9.47 Å². The normalized spacial score (nSPS) is 12.6. The van der Waals surface area contributed by atoms with Gasteiger partial charge >= 0.3 is 0 Å². The maximum Gasteiger partial charge on any atom is 0.0700 e. The molecule has 1 rings (SSSR count). The molecule has 1 unspecified atom stereocenters. The molecule has 1 aromatic rings. The third-order valence-corrected chi connectivity index (χ3v) is 2.92. The number of benzene rings is 1. The molecule has 102 valence electrons. The van der Waals surface area contributed by atoms with Gasteiger partial charge in [-0.3, -0.25) is 0 Å². The van der Waals surface area contributed by atoms with Crippen LogP contribution in [0.1, 0.15) is 18.4 Å². The summed E-state index contributed by atoms with van der Waals surface area (Å²) in [6, 6.07) is 8.02. The Kier molecular flexibility index (Phi) is 8.01. The van der Waals surface area contributed by atoms with E-state index in [2.05, 4.69) is 6.07 Å². The number of hydrogen-bond donors (Lipinski definition) is 1. The van der Waals surface area contributed by atoms with Crippen molar-refractivity contribution in [1.29, 1.82) is 0 Å². The second-order valence-electron chi connectivity index (χ2n) is 4.34. The summed E-state index contributed by atoms with van der Waals surface area (Å²) < 4.78 is 10.3. The first-order valence-corrected chi connectivity index (χ1v) is 6.67. The maximum atomic E-state index is 6.07. The van der Waals surface area contributed by atoms with Crippen LogP contribution in [0.15, 0.2) is 24.3 Å². The molecule has 0 aromatic heterocycles. The average molecular weight is 272 g/mol. The molecule has 0 spiro atoms. The van der Waals surface area contributed by atoms with Gasteiger partial charge in [-0.05, 0) is 37.0 Å². The van der Waals surface area contributed by atoms with Crippen molar-refractivity contribution >= 4 is 11.6 Å². The van der Waals surface area contributed by atoms with Crippen molar-refractivity contribution in [2.24, 2.45) is 5.73 Å². The summed E-state index contributed by atoms with van der Waals surface area (Å²) in [5.41, 5.74) is 7.26. The Hall–Kier alpha value is -0.610. The zero-order valence-electron chi connectivity index (χ0n) is 10.9. The Morgan fingerprint density at radius 1 is 1.28 bits per heavy atom. The summed E-state index contributed by atoms with van der Waals surface area (Å²) in [6.07, 6.45) is 2.80. The van der Waals surface area contributed by atoms with Crippen molar-refractivity contribution in [2.45, 2.75) is 25.3 Å². The molecule has 0 amide bonds. The molecule has 0 fully saturated rings. The van der Waals surface area contributed by atoms with Gasteiger partial charge in [0, 0.05) is 24.8 Å². The van der Waals surface area contributed by atoms with Gasteiger partial charge in [-0.25, -0.2) is 0 Å². The monoisotopic (exact) mass is 271 g/mol. The van der Waals surface area contributed by atoms with Gasteiger partial charge in [0.1, 0.15) is 0 Å². The maximum absolute atomic E-state index is 6.07. The van der Waals surface area contributed by atoms with Crippen molar-refractivity contribution in [3.05, 3.63) is 34.9 Å². The van der Waals surface area contributed by atoms with E-state index in [1.54, 1.807) is 7.11 Å². The van der Waals surface area contributed by atoms with Crippen LogP contribution in [0.5, 0.6) is 0 Å². The number of nitrogens with two attached hydrogens (primary N) is 1. The van der Waals surface area contributed by atoms with Gasteiger partial charge in [0.2, 0.25) is 0 Å². The van der Waals surface area contributed by atoms with Gasteiger partial charge in [0.05, 0.1) is 13.2 Å². The van der Waals surface area contributed by atoms with Gasteiger partial charge in [-0.1, -0.05) is 23.7 Å². The first-order chi connectivity index (χ1) is 8.72. The molecule has 1 atom stereocenters. The fourth-order valence-corrected chi connectivity index (χ4v) is 1.97. The van der Waals surface area contributed by atoms with Crippen molar-refractivity contribution in [1.82, 2.24) is 0 Å². The number of methoxy groups -OCH3 is 1. The highest BCUT2D eigenvalue weighted by atomic mass is 35.5. The van der Waals surface area contributed by atoms with Crippen molar-refractivity contribution in [3.63, 3.8) is 0 Å². The van der Waals surface area contributed by atoms with Crippen LogP contribution in [0.2, 0.25) is 5.02 Å². The Morgan fingerprint density at radius 3 is 2.83 bits per heavy atom. The Bertz CT molecular complexity index is 333. The zero-order chi connectivity index (χ0) is 13.2. The Morgan fingerprint density at radius 2 is 2.11 bits per heavy atom. The average Bonchev–Trinajstić information content (AvgIpc) is 2.33. The smallest absolute Gasteiger partial charge is 0.0700 e. The highest BCUT2D eigenvalue weighted by molar-refractivity contribution is 6.30. The fourth-order valence-electron chi connectivity index (χ4n) is 1.76. The third kappa shape index (κ3) is 6.97. The van der Waals surface area contributed by atoms with Crippen LogP contribution >= 0.6 is 11.6 Å². The number of rotatable bonds is 9. The van der Waals surface area contributed by atoms with Gasteiger partial charge in [-0.15, -0.1) is 0 Å². The molecule has 0 radical (unpaired) electrons. The summed E-state index contributed by atoms with van der Waals surface area (Å²) in [5.74, 6) is 0. The van der Waals surface area contributed by atoms with E-state index in [1.165, 1.54) is 5.56 Å². The summed E-state index contributed by atoms with van der Waals surface area (Å²) in [5, 5.41) is 0.766. The van der Waals surface area contributed by atoms with E-state index < -0.39 is 0 Å². The lowest BCUT2D eigenvalue weighted by Crippen LogP contribution is -2.23. The van der Waals surface area contributed by atoms with Gasteiger partial charge in [-0.2, -0.15) is 0 Å². The number of hydrogen-bond acceptors (Lipinski definition) is 3. The SMILES string of the molecule is COCCOCCCC(N)Cc1cccc(Cl)c1. The summed E-state index contributed by atoms with van der Waals surface area (Å²) in [6.45, 7) is 2.04. The van der Waals surface area contributed by atoms with Gasteiger partial charge < -0.3 is 15.2 Å². The molecule has 0 bridgehead atoms. The van der Waals surface area contributed by atoms with Crippen LogP contribution < -0.4 is 5.73 Å². The number of halogens is 1. The lowest BCUT2D eigenvalue weighted by atomic mass is 10.0. The van der Waals surface area contributed by atoms with Crippen LogP contribution in [0, 0.1) is 0 Å². The predicted octanol–water partition coefficient (Wildman–Crippen LogP) is 2.65. The van der Waals surface area contributed by atoms with Crippen molar-refractivity contribution in [2.75, 3.05) is 26.9 Å². The largest absolute Gasteiger partial charge is 0.382 e. The standard InChI is InChI=1S/C14H22ClNO2/c1-17-8-9-18-7-3-6-14(16)11-12-4-2-5-13(15)10-12/h2,4-5,10,14H,3,6-9,11,16H2,1H3. The molecule has 0 aliphatic heterocycles. The topological polar surface area (TPSA) is 44.5 Å². The fraction of sp³-hybridized carbons (Fsp3) is 0.571.